The van der Waals surface area contributed by atoms with Crippen molar-refractivity contribution in [2.45, 2.75) is 26.7 Å². The van der Waals surface area contributed by atoms with E-state index in [2.05, 4.69) is 16.9 Å². The highest BCUT2D eigenvalue weighted by molar-refractivity contribution is 5.94. The molecule has 150 valence electrons. The molecule has 0 atom stereocenters. The Kier molecular flexibility index (Phi) is 6.89. The summed E-state index contributed by atoms with van der Waals surface area (Å²) in [5, 5.41) is 0. The molecule has 0 fully saturated rings. The molecule has 0 radical (unpaired) electrons. The van der Waals surface area contributed by atoms with Crippen molar-refractivity contribution >= 4 is 5.91 Å². The van der Waals surface area contributed by atoms with Gasteiger partial charge in [-0.1, -0.05) is 19.4 Å². The van der Waals surface area contributed by atoms with E-state index >= 15 is 0 Å². The minimum absolute atomic E-state index is 0.0129. The Morgan fingerprint density at radius 2 is 1.86 bits per heavy atom. The number of aromatic nitrogens is 2. The fourth-order valence-electron chi connectivity index (χ4n) is 2.92. The van der Waals surface area contributed by atoms with Crippen molar-refractivity contribution in [2.24, 2.45) is 0 Å². The van der Waals surface area contributed by atoms with E-state index in [1.54, 1.807) is 42.5 Å². The second-order valence-corrected chi connectivity index (χ2v) is 6.62. The van der Waals surface area contributed by atoms with Crippen LogP contribution >= 0.6 is 0 Å². The predicted octanol–water partition coefficient (Wildman–Crippen LogP) is 5.34. The molecular weight excluding hydrogens is 369 g/mol. The molecule has 3 aromatic rings. The van der Waals surface area contributed by atoms with Gasteiger partial charge < -0.3 is 9.64 Å². The first kappa shape index (κ1) is 20.5. The SMILES string of the molecule is CCCCN(CC)C(=O)c1cccc(Oc2cc(-c3ccc(F)cc3)ncn2)c1. The molecule has 5 nitrogen and oxygen atoms in total. The molecule has 0 aliphatic rings. The number of carbonyl (C=O) groups is 1. The van der Waals surface area contributed by atoms with E-state index in [1.807, 2.05) is 11.8 Å². The van der Waals surface area contributed by atoms with E-state index < -0.39 is 0 Å². The van der Waals surface area contributed by atoms with Crippen molar-refractivity contribution in [3.8, 4) is 22.9 Å². The van der Waals surface area contributed by atoms with Crippen molar-refractivity contribution in [2.75, 3.05) is 13.1 Å². The van der Waals surface area contributed by atoms with Gasteiger partial charge in [-0.25, -0.2) is 14.4 Å². The summed E-state index contributed by atoms with van der Waals surface area (Å²) in [4.78, 5) is 23.0. The standard InChI is InChI=1S/C23H24FN3O2/c1-3-5-13-27(4-2)23(28)18-7-6-8-20(14-18)29-22-15-21(25-16-26-22)17-9-11-19(24)12-10-17/h6-12,14-16H,3-5,13H2,1-2H3. The zero-order valence-corrected chi connectivity index (χ0v) is 16.6. The number of nitrogens with zero attached hydrogens (tertiary/aromatic N) is 3. The Morgan fingerprint density at radius 1 is 1.07 bits per heavy atom. The van der Waals surface area contributed by atoms with Crippen LogP contribution in [0.3, 0.4) is 0 Å². The number of benzene rings is 2. The Labute approximate surface area is 170 Å². The van der Waals surface area contributed by atoms with Gasteiger partial charge in [0.2, 0.25) is 5.88 Å². The summed E-state index contributed by atoms with van der Waals surface area (Å²) in [6.45, 7) is 5.49. The Hall–Kier alpha value is -3.28. The molecule has 0 saturated heterocycles. The average molecular weight is 393 g/mol. The van der Waals surface area contributed by atoms with Crippen molar-refractivity contribution in [3.05, 3.63) is 72.3 Å². The van der Waals surface area contributed by atoms with Gasteiger partial charge in [0.25, 0.3) is 5.91 Å². The van der Waals surface area contributed by atoms with Gasteiger partial charge in [-0.3, -0.25) is 4.79 Å². The zero-order valence-electron chi connectivity index (χ0n) is 16.6. The van der Waals surface area contributed by atoms with Crippen molar-refractivity contribution in [1.82, 2.24) is 14.9 Å². The molecule has 1 heterocycles. The molecule has 3 rings (SSSR count). The molecule has 1 aromatic heterocycles. The number of carbonyl (C=O) groups excluding carboxylic acids is 1. The number of ether oxygens (including phenoxy) is 1. The lowest BCUT2D eigenvalue weighted by Crippen LogP contribution is -2.31. The van der Waals surface area contributed by atoms with E-state index in [9.17, 15) is 9.18 Å². The molecule has 0 unspecified atom stereocenters. The molecule has 0 N–H and O–H groups in total. The summed E-state index contributed by atoms with van der Waals surface area (Å²) in [5.41, 5.74) is 1.96. The van der Waals surface area contributed by atoms with Gasteiger partial charge in [-0.15, -0.1) is 0 Å². The number of hydrogen-bond acceptors (Lipinski definition) is 4. The highest BCUT2D eigenvalue weighted by Gasteiger charge is 2.14. The minimum atomic E-state index is -0.305. The van der Waals surface area contributed by atoms with Crippen LogP contribution in [0.25, 0.3) is 11.3 Å². The first-order valence-electron chi connectivity index (χ1n) is 9.76. The number of unbranched alkanes of at least 4 members (excludes halogenated alkanes) is 1. The van der Waals surface area contributed by atoms with E-state index in [4.69, 9.17) is 4.74 Å². The summed E-state index contributed by atoms with van der Waals surface area (Å²) < 4.78 is 19.0. The molecular formula is C23H24FN3O2. The highest BCUT2D eigenvalue weighted by Crippen LogP contribution is 2.25. The topological polar surface area (TPSA) is 55.3 Å². The van der Waals surface area contributed by atoms with Crippen molar-refractivity contribution in [3.63, 3.8) is 0 Å². The third kappa shape index (κ3) is 5.38. The van der Waals surface area contributed by atoms with Crippen LogP contribution in [0, 0.1) is 5.82 Å². The summed E-state index contributed by atoms with van der Waals surface area (Å²) in [5.74, 6) is 0.551. The smallest absolute Gasteiger partial charge is 0.253 e. The quantitative estimate of drug-likeness (QED) is 0.519. The second kappa shape index (κ2) is 9.78. The number of hydrogen-bond donors (Lipinski definition) is 0. The van der Waals surface area contributed by atoms with E-state index in [0.29, 0.717) is 29.4 Å². The van der Waals surface area contributed by atoms with Crippen molar-refractivity contribution < 1.29 is 13.9 Å². The summed E-state index contributed by atoms with van der Waals surface area (Å²) in [6, 6.07) is 14.8. The molecule has 0 bridgehead atoms. The first-order valence-corrected chi connectivity index (χ1v) is 9.76. The molecule has 6 heteroatoms. The van der Waals surface area contributed by atoms with Gasteiger partial charge in [0.15, 0.2) is 0 Å². The number of halogens is 1. The molecule has 0 aliphatic heterocycles. The summed E-state index contributed by atoms with van der Waals surface area (Å²) in [7, 11) is 0. The van der Waals surface area contributed by atoms with Gasteiger partial charge in [0.1, 0.15) is 17.9 Å². The summed E-state index contributed by atoms with van der Waals surface area (Å²) in [6.07, 6.45) is 3.41. The van der Waals surface area contributed by atoms with Crippen LogP contribution in [-0.2, 0) is 0 Å². The third-order valence-corrected chi connectivity index (χ3v) is 4.54. The molecule has 2 aromatic carbocycles. The fraction of sp³-hybridized carbons (Fsp3) is 0.261. The Morgan fingerprint density at radius 3 is 2.59 bits per heavy atom. The Bertz CT molecular complexity index is 960. The predicted molar refractivity (Wildman–Crippen MR) is 110 cm³/mol. The maximum Gasteiger partial charge on any atom is 0.253 e. The van der Waals surface area contributed by atoms with Crippen LogP contribution in [0.4, 0.5) is 4.39 Å². The molecule has 29 heavy (non-hydrogen) atoms. The lowest BCUT2D eigenvalue weighted by Gasteiger charge is -2.20. The second-order valence-electron chi connectivity index (χ2n) is 6.62. The molecule has 0 spiro atoms. The largest absolute Gasteiger partial charge is 0.439 e. The van der Waals surface area contributed by atoms with E-state index in [-0.39, 0.29) is 11.7 Å². The van der Waals surface area contributed by atoms with Crippen LogP contribution < -0.4 is 4.74 Å². The third-order valence-electron chi connectivity index (χ3n) is 4.54. The van der Waals surface area contributed by atoms with Crippen LogP contribution in [0.15, 0.2) is 60.9 Å². The zero-order chi connectivity index (χ0) is 20.6. The monoisotopic (exact) mass is 393 g/mol. The van der Waals surface area contributed by atoms with Gasteiger partial charge in [-0.05, 0) is 55.8 Å². The van der Waals surface area contributed by atoms with E-state index in [0.717, 1.165) is 24.9 Å². The van der Waals surface area contributed by atoms with Crippen LogP contribution in [0.2, 0.25) is 0 Å². The number of rotatable bonds is 8. The lowest BCUT2D eigenvalue weighted by molar-refractivity contribution is 0.0762. The van der Waals surface area contributed by atoms with Crippen molar-refractivity contribution in [1.29, 1.82) is 0 Å². The molecule has 1 amide bonds. The average Bonchev–Trinajstić information content (AvgIpc) is 2.75. The van der Waals surface area contributed by atoms with Gasteiger partial charge in [0.05, 0.1) is 5.69 Å². The highest BCUT2D eigenvalue weighted by atomic mass is 19.1. The maximum absolute atomic E-state index is 13.1. The minimum Gasteiger partial charge on any atom is -0.439 e. The van der Waals surface area contributed by atoms with Gasteiger partial charge in [0, 0.05) is 30.3 Å². The molecule has 0 saturated carbocycles. The normalized spacial score (nSPS) is 10.6. The maximum atomic E-state index is 13.1. The van der Waals surface area contributed by atoms with Crippen LogP contribution in [0.1, 0.15) is 37.0 Å². The number of amides is 1. The lowest BCUT2D eigenvalue weighted by atomic mass is 10.1. The molecule has 0 aliphatic carbocycles. The fourth-order valence-corrected chi connectivity index (χ4v) is 2.92. The van der Waals surface area contributed by atoms with Gasteiger partial charge >= 0.3 is 0 Å². The Balaban J connectivity index is 1.77. The van der Waals surface area contributed by atoms with Crippen LogP contribution in [0.5, 0.6) is 11.6 Å². The summed E-state index contributed by atoms with van der Waals surface area (Å²) >= 11 is 0. The van der Waals surface area contributed by atoms with E-state index in [1.165, 1.54) is 18.5 Å². The van der Waals surface area contributed by atoms with Crippen LogP contribution in [-0.4, -0.2) is 33.9 Å². The first-order chi connectivity index (χ1) is 14.1. The van der Waals surface area contributed by atoms with Gasteiger partial charge in [-0.2, -0.15) is 0 Å².